The van der Waals surface area contributed by atoms with Crippen LogP contribution in [0.3, 0.4) is 0 Å². The van der Waals surface area contributed by atoms with Gasteiger partial charge in [0.15, 0.2) is 0 Å². The zero-order valence-corrected chi connectivity index (χ0v) is 15.9. The first kappa shape index (κ1) is 19.0. The minimum atomic E-state index is -0.632. The Balaban J connectivity index is 1.91. The number of carboxylic acids is 1. The van der Waals surface area contributed by atoms with E-state index in [-0.39, 0.29) is 16.7 Å². The van der Waals surface area contributed by atoms with Crippen LogP contribution in [0, 0.1) is 5.92 Å². The van der Waals surface area contributed by atoms with Crippen LogP contribution in [0.1, 0.15) is 71.4 Å². The Bertz CT molecular complexity index is 546. The lowest BCUT2D eigenvalue weighted by Crippen LogP contribution is -2.41. The number of aliphatic carboxylic acids is 1. The van der Waals surface area contributed by atoms with Crippen LogP contribution in [-0.2, 0) is 15.6 Å². The highest BCUT2D eigenvalue weighted by atomic mass is 16.4. The van der Waals surface area contributed by atoms with Crippen molar-refractivity contribution in [3.63, 3.8) is 0 Å². The van der Waals surface area contributed by atoms with E-state index in [0.717, 1.165) is 32.2 Å². The van der Waals surface area contributed by atoms with Crippen molar-refractivity contribution in [1.82, 2.24) is 5.32 Å². The first-order valence-corrected chi connectivity index (χ1v) is 9.17. The molecule has 0 atom stereocenters. The van der Waals surface area contributed by atoms with Gasteiger partial charge in [-0.25, -0.2) is 0 Å². The summed E-state index contributed by atoms with van der Waals surface area (Å²) in [6.07, 6.45) is 3.54. The van der Waals surface area contributed by atoms with Crippen LogP contribution in [0.25, 0.3) is 0 Å². The monoisotopic (exact) mass is 331 g/mol. The number of benzene rings is 1. The van der Waals surface area contributed by atoms with Crippen molar-refractivity contribution in [3.8, 4) is 0 Å². The highest BCUT2D eigenvalue weighted by molar-refractivity contribution is 5.70. The van der Waals surface area contributed by atoms with Crippen LogP contribution in [0.2, 0.25) is 0 Å². The van der Waals surface area contributed by atoms with Crippen molar-refractivity contribution in [1.29, 1.82) is 0 Å². The van der Waals surface area contributed by atoms with Crippen molar-refractivity contribution in [3.05, 3.63) is 35.4 Å². The third-order valence-corrected chi connectivity index (χ3v) is 5.44. The minimum Gasteiger partial charge on any atom is -0.481 e. The van der Waals surface area contributed by atoms with E-state index in [9.17, 15) is 4.79 Å². The van der Waals surface area contributed by atoms with Crippen molar-refractivity contribution in [2.24, 2.45) is 5.92 Å². The van der Waals surface area contributed by atoms with Gasteiger partial charge in [-0.15, -0.1) is 0 Å². The molecule has 0 unspecified atom stereocenters. The highest BCUT2D eigenvalue weighted by Crippen LogP contribution is 2.29. The Morgan fingerprint density at radius 2 is 1.50 bits per heavy atom. The molecule has 3 heteroatoms. The molecule has 3 nitrogen and oxygen atoms in total. The summed E-state index contributed by atoms with van der Waals surface area (Å²) in [6.45, 7) is 12.2. The standard InChI is InChI=1S/C21H33NO2/c1-20(2,3)16-8-10-17(11-9-16)21(4,5)14-22-18-12-6-15(7-13-18)19(23)24/h8-11,15,18,22H,6-7,12-14H2,1-5H3,(H,23,24). The van der Waals surface area contributed by atoms with Crippen LogP contribution >= 0.6 is 0 Å². The molecule has 1 aliphatic rings. The van der Waals surface area contributed by atoms with Crippen LogP contribution in [0.15, 0.2) is 24.3 Å². The Labute approximate surface area is 146 Å². The van der Waals surface area contributed by atoms with E-state index in [0.29, 0.717) is 6.04 Å². The minimum absolute atomic E-state index is 0.0695. The van der Waals surface area contributed by atoms with Gasteiger partial charge in [0.05, 0.1) is 5.92 Å². The molecule has 0 spiro atoms. The van der Waals surface area contributed by atoms with Crippen LogP contribution < -0.4 is 5.32 Å². The van der Waals surface area contributed by atoms with Crippen molar-refractivity contribution < 1.29 is 9.90 Å². The summed E-state index contributed by atoms with van der Waals surface area (Å²) in [7, 11) is 0. The molecule has 1 aromatic carbocycles. The van der Waals surface area contributed by atoms with Gasteiger partial charge < -0.3 is 10.4 Å². The number of carboxylic acid groups (broad SMARTS) is 1. The summed E-state index contributed by atoms with van der Waals surface area (Å²) in [5, 5.41) is 12.8. The van der Waals surface area contributed by atoms with Crippen molar-refractivity contribution >= 4 is 5.97 Å². The van der Waals surface area contributed by atoms with E-state index in [2.05, 4.69) is 64.2 Å². The van der Waals surface area contributed by atoms with Gasteiger partial charge in [0.25, 0.3) is 0 Å². The summed E-state index contributed by atoms with van der Waals surface area (Å²) in [5.41, 5.74) is 2.97. The van der Waals surface area contributed by atoms with Crippen LogP contribution in [-0.4, -0.2) is 23.7 Å². The van der Waals surface area contributed by atoms with Gasteiger partial charge in [-0.1, -0.05) is 58.9 Å². The van der Waals surface area contributed by atoms with E-state index in [1.54, 1.807) is 0 Å². The number of carbonyl (C=O) groups is 1. The van der Waals surface area contributed by atoms with Gasteiger partial charge in [0, 0.05) is 18.0 Å². The summed E-state index contributed by atoms with van der Waals surface area (Å²) in [6, 6.07) is 9.45. The maximum atomic E-state index is 11.0. The number of rotatable bonds is 5. The summed E-state index contributed by atoms with van der Waals surface area (Å²) in [4.78, 5) is 11.0. The fraction of sp³-hybridized carbons (Fsp3) is 0.667. The van der Waals surface area contributed by atoms with Gasteiger partial charge in [0.1, 0.15) is 0 Å². The molecule has 2 rings (SSSR count). The van der Waals surface area contributed by atoms with Crippen molar-refractivity contribution in [2.75, 3.05) is 6.54 Å². The predicted octanol–water partition coefficient (Wildman–Crippen LogP) is 4.49. The molecule has 1 aliphatic carbocycles. The van der Waals surface area contributed by atoms with E-state index in [4.69, 9.17) is 5.11 Å². The molecule has 0 aromatic heterocycles. The lowest BCUT2D eigenvalue weighted by Gasteiger charge is -2.32. The van der Waals surface area contributed by atoms with Crippen LogP contribution in [0.4, 0.5) is 0 Å². The summed E-state index contributed by atoms with van der Waals surface area (Å²) >= 11 is 0. The molecule has 0 aliphatic heterocycles. The quantitative estimate of drug-likeness (QED) is 0.835. The predicted molar refractivity (Wildman–Crippen MR) is 99.6 cm³/mol. The Morgan fingerprint density at radius 3 is 1.96 bits per heavy atom. The maximum Gasteiger partial charge on any atom is 0.306 e. The Morgan fingerprint density at radius 1 is 1.00 bits per heavy atom. The van der Waals surface area contributed by atoms with Gasteiger partial charge >= 0.3 is 5.97 Å². The molecule has 24 heavy (non-hydrogen) atoms. The van der Waals surface area contributed by atoms with Gasteiger partial charge in [0.2, 0.25) is 0 Å². The second-order valence-electron chi connectivity index (χ2n) is 8.98. The topological polar surface area (TPSA) is 49.3 Å². The third kappa shape index (κ3) is 4.83. The number of hydrogen-bond acceptors (Lipinski definition) is 2. The zero-order chi connectivity index (χ0) is 18.0. The molecule has 1 fully saturated rings. The normalized spacial score (nSPS) is 22.4. The molecular formula is C21H33NO2. The SMILES string of the molecule is CC(C)(C)c1ccc(C(C)(C)CNC2CCC(C(=O)O)CC2)cc1. The molecule has 2 N–H and O–H groups in total. The molecule has 1 aromatic rings. The molecule has 0 amide bonds. The fourth-order valence-corrected chi connectivity index (χ4v) is 3.47. The lowest BCUT2D eigenvalue weighted by molar-refractivity contribution is -0.142. The second kappa shape index (κ2) is 7.26. The smallest absolute Gasteiger partial charge is 0.306 e. The molecule has 134 valence electrons. The lowest BCUT2D eigenvalue weighted by atomic mass is 9.80. The fourth-order valence-electron chi connectivity index (χ4n) is 3.47. The average Bonchev–Trinajstić information content (AvgIpc) is 2.53. The maximum absolute atomic E-state index is 11.0. The summed E-state index contributed by atoms with van der Waals surface area (Å²) in [5.74, 6) is -0.770. The van der Waals surface area contributed by atoms with Gasteiger partial charge in [-0.05, 0) is 42.2 Å². The molecule has 0 bridgehead atoms. The molecule has 0 heterocycles. The Hall–Kier alpha value is -1.35. The first-order valence-electron chi connectivity index (χ1n) is 9.17. The second-order valence-corrected chi connectivity index (χ2v) is 8.98. The first-order chi connectivity index (χ1) is 11.1. The van der Waals surface area contributed by atoms with Gasteiger partial charge in [-0.2, -0.15) is 0 Å². The van der Waals surface area contributed by atoms with E-state index < -0.39 is 5.97 Å². The van der Waals surface area contributed by atoms with Crippen LogP contribution in [0.5, 0.6) is 0 Å². The molecular weight excluding hydrogens is 298 g/mol. The zero-order valence-electron chi connectivity index (χ0n) is 15.9. The number of hydrogen-bond donors (Lipinski definition) is 2. The largest absolute Gasteiger partial charge is 0.481 e. The van der Waals surface area contributed by atoms with Crippen molar-refractivity contribution in [2.45, 2.75) is 77.2 Å². The molecule has 0 radical (unpaired) electrons. The number of nitrogens with one attached hydrogen (secondary N) is 1. The summed E-state index contributed by atoms with van der Waals surface area (Å²) < 4.78 is 0. The Kier molecular flexibility index (Phi) is 5.74. The average molecular weight is 332 g/mol. The third-order valence-electron chi connectivity index (χ3n) is 5.44. The van der Waals surface area contributed by atoms with E-state index in [1.165, 1.54) is 11.1 Å². The molecule has 1 saturated carbocycles. The molecule has 0 saturated heterocycles. The highest BCUT2D eigenvalue weighted by Gasteiger charge is 2.28. The van der Waals surface area contributed by atoms with Gasteiger partial charge in [-0.3, -0.25) is 4.79 Å². The van der Waals surface area contributed by atoms with E-state index in [1.807, 2.05) is 0 Å². The van der Waals surface area contributed by atoms with E-state index >= 15 is 0 Å².